The second-order valence-electron chi connectivity index (χ2n) is 4.31. The van der Waals surface area contributed by atoms with E-state index >= 15 is 0 Å². The molecule has 0 saturated carbocycles. The SMILES string of the molecule is Cc1cc(C(Cl)Cc2cccc(Br)c2)ccc1Cl. The van der Waals surface area contributed by atoms with E-state index in [0.717, 1.165) is 27.0 Å². The number of halogens is 3. The summed E-state index contributed by atoms with van der Waals surface area (Å²) in [6.45, 7) is 1.99. The molecular formula is C15H13BrCl2. The van der Waals surface area contributed by atoms with Crippen molar-refractivity contribution in [3.63, 3.8) is 0 Å². The molecule has 0 nitrogen and oxygen atoms in total. The van der Waals surface area contributed by atoms with Crippen LogP contribution in [0.15, 0.2) is 46.9 Å². The van der Waals surface area contributed by atoms with Gasteiger partial charge in [0.2, 0.25) is 0 Å². The lowest BCUT2D eigenvalue weighted by Crippen LogP contribution is -1.96. The zero-order valence-corrected chi connectivity index (χ0v) is 13.1. The summed E-state index contributed by atoms with van der Waals surface area (Å²) in [7, 11) is 0. The smallest absolute Gasteiger partial charge is 0.0625 e. The van der Waals surface area contributed by atoms with Gasteiger partial charge >= 0.3 is 0 Å². The molecule has 2 rings (SSSR count). The molecule has 0 aliphatic carbocycles. The van der Waals surface area contributed by atoms with E-state index in [4.69, 9.17) is 23.2 Å². The quantitative estimate of drug-likeness (QED) is 0.605. The van der Waals surface area contributed by atoms with Crippen LogP contribution in [0.2, 0.25) is 5.02 Å². The van der Waals surface area contributed by atoms with Gasteiger partial charge < -0.3 is 0 Å². The lowest BCUT2D eigenvalue weighted by molar-refractivity contribution is 0.917. The zero-order valence-electron chi connectivity index (χ0n) is 9.96. The van der Waals surface area contributed by atoms with Gasteiger partial charge in [0.25, 0.3) is 0 Å². The van der Waals surface area contributed by atoms with E-state index in [9.17, 15) is 0 Å². The van der Waals surface area contributed by atoms with Gasteiger partial charge in [-0.05, 0) is 48.2 Å². The molecule has 0 aromatic heterocycles. The van der Waals surface area contributed by atoms with Crippen LogP contribution >= 0.6 is 39.1 Å². The predicted octanol–water partition coefficient (Wildman–Crippen LogP) is 5.93. The van der Waals surface area contributed by atoms with Crippen molar-refractivity contribution in [1.29, 1.82) is 0 Å². The molecule has 0 saturated heterocycles. The molecule has 18 heavy (non-hydrogen) atoms. The Labute approximate surface area is 126 Å². The molecule has 0 amide bonds. The van der Waals surface area contributed by atoms with E-state index in [1.54, 1.807) is 0 Å². The highest BCUT2D eigenvalue weighted by Gasteiger charge is 2.10. The summed E-state index contributed by atoms with van der Waals surface area (Å²) < 4.78 is 1.08. The van der Waals surface area contributed by atoms with Crippen molar-refractivity contribution in [2.75, 3.05) is 0 Å². The lowest BCUT2D eigenvalue weighted by atomic mass is 10.0. The Morgan fingerprint density at radius 1 is 1.17 bits per heavy atom. The first-order valence-electron chi connectivity index (χ1n) is 5.71. The first-order chi connectivity index (χ1) is 8.56. The van der Waals surface area contributed by atoms with Crippen molar-refractivity contribution in [3.05, 3.63) is 68.7 Å². The molecule has 1 unspecified atom stereocenters. The van der Waals surface area contributed by atoms with Gasteiger partial charge in [0.15, 0.2) is 0 Å². The van der Waals surface area contributed by atoms with E-state index in [-0.39, 0.29) is 5.38 Å². The van der Waals surface area contributed by atoms with Crippen LogP contribution in [-0.2, 0) is 6.42 Å². The van der Waals surface area contributed by atoms with Gasteiger partial charge in [-0.1, -0.05) is 51.8 Å². The second-order valence-corrected chi connectivity index (χ2v) is 6.16. The average molecular weight is 344 g/mol. The van der Waals surface area contributed by atoms with Gasteiger partial charge in [-0.15, -0.1) is 11.6 Å². The van der Waals surface area contributed by atoms with Gasteiger partial charge in [0.1, 0.15) is 0 Å². The fourth-order valence-electron chi connectivity index (χ4n) is 1.85. The Kier molecular flexibility index (Phi) is 4.71. The fraction of sp³-hybridized carbons (Fsp3) is 0.200. The van der Waals surface area contributed by atoms with Crippen LogP contribution in [0.25, 0.3) is 0 Å². The van der Waals surface area contributed by atoms with Crippen molar-refractivity contribution in [2.24, 2.45) is 0 Å². The van der Waals surface area contributed by atoms with Gasteiger partial charge in [-0.25, -0.2) is 0 Å². The number of alkyl halides is 1. The summed E-state index contributed by atoms with van der Waals surface area (Å²) in [6.07, 6.45) is 0.808. The third-order valence-corrected chi connectivity index (χ3v) is 4.17. The largest absolute Gasteiger partial charge is 0.117 e. The summed E-state index contributed by atoms with van der Waals surface area (Å²) >= 11 is 15.9. The van der Waals surface area contributed by atoms with Gasteiger partial charge in [-0.2, -0.15) is 0 Å². The highest BCUT2D eigenvalue weighted by Crippen LogP contribution is 2.28. The van der Waals surface area contributed by atoms with Crippen molar-refractivity contribution in [2.45, 2.75) is 18.7 Å². The maximum absolute atomic E-state index is 6.46. The number of hydrogen-bond donors (Lipinski definition) is 0. The van der Waals surface area contributed by atoms with E-state index in [2.05, 4.69) is 34.1 Å². The Hall–Kier alpha value is -0.500. The highest BCUT2D eigenvalue weighted by molar-refractivity contribution is 9.10. The lowest BCUT2D eigenvalue weighted by Gasteiger charge is -2.11. The van der Waals surface area contributed by atoms with Gasteiger partial charge in [0, 0.05) is 9.50 Å². The third kappa shape index (κ3) is 3.50. The number of benzene rings is 2. The van der Waals surface area contributed by atoms with Crippen LogP contribution in [0.3, 0.4) is 0 Å². The minimum atomic E-state index is -0.0322. The number of aryl methyl sites for hydroxylation is 1. The van der Waals surface area contributed by atoms with Crippen LogP contribution in [-0.4, -0.2) is 0 Å². The average Bonchev–Trinajstić information content (AvgIpc) is 2.32. The van der Waals surface area contributed by atoms with E-state index in [1.165, 1.54) is 5.56 Å². The first kappa shape index (κ1) is 13.9. The minimum Gasteiger partial charge on any atom is -0.117 e. The number of hydrogen-bond acceptors (Lipinski definition) is 0. The van der Waals surface area contributed by atoms with Crippen molar-refractivity contribution >= 4 is 39.1 Å². The van der Waals surface area contributed by atoms with Gasteiger partial charge in [0.05, 0.1) is 5.38 Å². The maximum Gasteiger partial charge on any atom is 0.0625 e. The van der Waals surface area contributed by atoms with Gasteiger partial charge in [-0.3, -0.25) is 0 Å². The minimum absolute atomic E-state index is 0.0322. The van der Waals surface area contributed by atoms with Crippen LogP contribution in [0, 0.1) is 6.92 Å². The summed E-state index contributed by atoms with van der Waals surface area (Å²) in [5, 5.41) is 0.750. The highest BCUT2D eigenvalue weighted by atomic mass is 79.9. The molecule has 0 radical (unpaired) electrons. The molecule has 0 heterocycles. The van der Waals surface area contributed by atoms with Crippen LogP contribution in [0.5, 0.6) is 0 Å². The summed E-state index contributed by atoms with van der Waals surface area (Å²) in [4.78, 5) is 0. The Morgan fingerprint density at radius 3 is 2.61 bits per heavy atom. The van der Waals surface area contributed by atoms with Crippen LogP contribution in [0.4, 0.5) is 0 Å². The Balaban J connectivity index is 2.16. The first-order valence-corrected chi connectivity index (χ1v) is 7.31. The third-order valence-electron chi connectivity index (χ3n) is 2.85. The second kappa shape index (κ2) is 6.10. The molecule has 0 N–H and O–H groups in total. The predicted molar refractivity (Wildman–Crippen MR) is 82.6 cm³/mol. The molecule has 2 aromatic rings. The summed E-state index contributed by atoms with van der Waals surface area (Å²) in [5.41, 5.74) is 3.39. The zero-order chi connectivity index (χ0) is 13.1. The standard InChI is InChI=1S/C15H13BrCl2/c1-10-7-12(5-6-14(10)17)15(18)9-11-3-2-4-13(16)8-11/h2-8,15H,9H2,1H3. The molecule has 0 bridgehead atoms. The molecule has 0 aliphatic rings. The summed E-state index contributed by atoms with van der Waals surface area (Å²) in [6, 6.07) is 14.2. The van der Waals surface area contributed by atoms with Crippen molar-refractivity contribution in [3.8, 4) is 0 Å². The fourth-order valence-corrected chi connectivity index (χ4v) is 2.73. The Bertz CT molecular complexity index is 552. The Morgan fingerprint density at radius 2 is 1.94 bits per heavy atom. The molecule has 94 valence electrons. The monoisotopic (exact) mass is 342 g/mol. The van der Waals surface area contributed by atoms with Crippen LogP contribution < -0.4 is 0 Å². The number of rotatable bonds is 3. The normalized spacial score (nSPS) is 12.4. The molecule has 3 heteroatoms. The molecule has 0 aliphatic heterocycles. The van der Waals surface area contributed by atoms with E-state index in [1.807, 2.05) is 31.2 Å². The molecule has 2 aromatic carbocycles. The molecule has 0 spiro atoms. The molecule has 0 fully saturated rings. The van der Waals surface area contributed by atoms with E-state index < -0.39 is 0 Å². The van der Waals surface area contributed by atoms with E-state index in [0.29, 0.717) is 0 Å². The molecule has 1 atom stereocenters. The van der Waals surface area contributed by atoms with Crippen LogP contribution in [0.1, 0.15) is 22.1 Å². The van der Waals surface area contributed by atoms with Crippen molar-refractivity contribution < 1.29 is 0 Å². The topological polar surface area (TPSA) is 0 Å². The summed E-state index contributed by atoms with van der Waals surface area (Å²) in [5.74, 6) is 0. The molecular weight excluding hydrogens is 331 g/mol. The maximum atomic E-state index is 6.46. The van der Waals surface area contributed by atoms with Crippen molar-refractivity contribution in [1.82, 2.24) is 0 Å².